The van der Waals surface area contributed by atoms with Gasteiger partial charge in [0.1, 0.15) is 5.78 Å². The van der Waals surface area contributed by atoms with Crippen molar-refractivity contribution in [1.29, 1.82) is 0 Å². The highest BCUT2D eigenvalue weighted by atomic mass is 32.2. The lowest BCUT2D eigenvalue weighted by Crippen LogP contribution is -2.41. The summed E-state index contributed by atoms with van der Waals surface area (Å²) in [7, 11) is 2.09. The van der Waals surface area contributed by atoms with Crippen molar-refractivity contribution < 1.29 is 9.53 Å². The quantitative estimate of drug-likeness (QED) is 0.713. The van der Waals surface area contributed by atoms with Crippen molar-refractivity contribution in [3.63, 3.8) is 0 Å². The van der Waals surface area contributed by atoms with Gasteiger partial charge in [0.15, 0.2) is 0 Å². The van der Waals surface area contributed by atoms with Crippen LogP contribution in [-0.2, 0) is 9.53 Å². The van der Waals surface area contributed by atoms with Gasteiger partial charge in [-0.1, -0.05) is 0 Å². The van der Waals surface area contributed by atoms with Crippen molar-refractivity contribution in [2.45, 2.75) is 19.4 Å². The number of carbonyl (C=O) groups excluding carboxylic acids is 1. The summed E-state index contributed by atoms with van der Waals surface area (Å²) >= 11 is 1.84. The molecule has 1 aliphatic rings. The first-order valence-electron chi connectivity index (χ1n) is 5.44. The van der Waals surface area contributed by atoms with Crippen LogP contribution in [0.15, 0.2) is 0 Å². The molecule has 0 aromatic heterocycles. The highest BCUT2D eigenvalue weighted by molar-refractivity contribution is 7.98. The standard InChI is InChI=1S/C11H21NO2S/c1-9(8-15-3)12(2)6-10-7-14-5-4-11(10)13/h9-10H,4-8H2,1-3H3. The Labute approximate surface area is 96.5 Å². The summed E-state index contributed by atoms with van der Waals surface area (Å²) in [6.07, 6.45) is 2.70. The minimum atomic E-state index is 0.0908. The summed E-state index contributed by atoms with van der Waals surface area (Å²) in [5.41, 5.74) is 0. The molecule has 0 saturated carbocycles. The van der Waals surface area contributed by atoms with Crippen LogP contribution in [0.25, 0.3) is 0 Å². The maximum Gasteiger partial charge on any atom is 0.141 e. The van der Waals surface area contributed by atoms with Crippen LogP contribution in [0.3, 0.4) is 0 Å². The molecule has 0 N–H and O–H groups in total. The number of ketones is 1. The molecule has 0 aromatic rings. The summed E-state index contributed by atoms with van der Waals surface area (Å²) in [5.74, 6) is 1.57. The third-order valence-corrected chi connectivity index (χ3v) is 3.75. The van der Waals surface area contributed by atoms with E-state index < -0.39 is 0 Å². The third kappa shape index (κ3) is 4.13. The highest BCUT2D eigenvalue weighted by Crippen LogP contribution is 2.13. The van der Waals surface area contributed by atoms with Gasteiger partial charge < -0.3 is 9.64 Å². The van der Waals surface area contributed by atoms with E-state index in [4.69, 9.17) is 4.74 Å². The Balaban J connectivity index is 2.35. The summed E-state index contributed by atoms with van der Waals surface area (Å²) in [6.45, 7) is 4.25. The van der Waals surface area contributed by atoms with Gasteiger partial charge >= 0.3 is 0 Å². The van der Waals surface area contributed by atoms with Gasteiger partial charge in [-0.25, -0.2) is 0 Å². The second kappa shape index (κ2) is 6.51. The van der Waals surface area contributed by atoms with E-state index in [1.807, 2.05) is 11.8 Å². The summed E-state index contributed by atoms with van der Waals surface area (Å²) in [6, 6.07) is 0.523. The molecule has 88 valence electrons. The fraction of sp³-hybridized carbons (Fsp3) is 0.909. The number of ether oxygens (including phenoxy) is 1. The van der Waals surface area contributed by atoms with Crippen molar-refractivity contribution in [3.05, 3.63) is 0 Å². The molecule has 0 amide bonds. The van der Waals surface area contributed by atoms with E-state index in [1.165, 1.54) is 0 Å². The zero-order valence-electron chi connectivity index (χ0n) is 9.86. The van der Waals surface area contributed by atoms with Crippen LogP contribution in [0.1, 0.15) is 13.3 Å². The number of thioether (sulfide) groups is 1. The number of nitrogens with zero attached hydrogens (tertiary/aromatic N) is 1. The van der Waals surface area contributed by atoms with Crippen LogP contribution < -0.4 is 0 Å². The fourth-order valence-electron chi connectivity index (χ4n) is 1.75. The Morgan fingerprint density at radius 1 is 1.67 bits per heavy atom. The molecular weight excluding hydrogens is 210 g/mol. The lowest BCUT2D eigenvalue weighted by molar-refractivity contribution is -0.131. The molecule has 0 aromatic carbocycles. The number of carbonyl (C=O) groups is 1. The zero-order chi connectivity index (χ0) is 11.3. The summed E-state index contributed by atoms with van der Waals surface area (Å²) < 4.78 is 5.34. The van der Waals surface area contributed by atoms with Gasteiger partial charge in [-0.3, -0.25) is 4.79 Å². The molecule has 0 radical (unpaired) electrons. The Morgan fingerprint density at radius 3 is 3.00 bits per heavy atom. The molecule has 1 fully saturated rings. The van der Waals surface area contributed by atoms with Gasteiger partial charge in [0, 0.05) is 24.8 Å². The van der Waals surface area contributed by atoms with Crippen LogP contribution in [0.2, 0.25) is 0 Å². The van der Waals surface area contributed by atoms with Crippen LogP contribution in [0.5, 0.6) is 0 Å². The smallest absolute Gasteiger partial charge is 0.141 e. The van der Waals surface area contributed by atoms with E-state index in [-0.39, 0.29) is 5.92 Å². The normalized spacial score (nSPS) is 24.5. The first kappa shape index (κ1) is 13.0. The molecule has 3 nitrogen and oxygen atoms in total. The minimum absolute atomic E-state index is 0.0908. The molecule has 15 heavy (non-hydrogen) atoms. The summed E-state index contributed by atoms with van der Waals surface area (Å²) in [5, 5.41) is 0. The van der Waals surface area contributed by atoms with Gasteiger partial charge in [-0.05, 0) is 20.2 Å². The van der Waals surface area contributed by atoms with E-state index in [1.54, 1.807) is 0 Å². The van der Waals surface area contributed by atoms with Gasteiger partial charge in [0.2, 0.25) is 0 Å². The lowest BCUT2D eigenvalue weighted by atomic mass is 10.00. The van der Waals surface area contributed by atoms with Crippen molar-refractivity contribution >= 4 is 17.5 Å². The monoisotopic (exact) mass is 231 g/mol. The molecule has 1 rings (SSSR count). The largest absolute Gasteiger partial charge is 0.380 e. The molecule has 0 spiro atoms. The Kier molecular flexibility index (Phi) is 5.64. The number of rotatable bonds is 5. The van der Waals surface area contributed by atoms with E-state index >= 15 is 0 Å². The van der Waals surface area contributed by atoms with E-state index in [0.29, 0.717) is 31.5 Å². The highest BCUT2D eigenvalue weighted by Gasteiger charge is 2.25. The second-order valence-corrected chi connectivity index (χ2v) is 5.14. The average Bonchev–Trinajstić information content (AvgIpc) is 2.21. The number of Topliss-reactive ketones (excluding diaryl/α,β-unsaturated/α-hetero) is 1. The second-order valence-electron chi connectivity index (χ2n) is 4.23. The average molecular weight is 231 g/mol. The summed E-state index contributed by atoms with van der Waals surface area (Å²) in [4.78, 5) is 13.9. The molecule has 4 heteroatoms. The van der Waals surface area contributed by atoms with E-state index in [2.05, 4.69) is 25.1 Å². The SMILES string of the molecule is CSCC(C)N(C)CC1COCCC1=O. The molecule has 0 bridgehead atoms. The van der Waals surface area contributed by atoms with Crippen LogP contribution in [0.4, 0.5) is 0 Å². The van der Waals surface area contributed by atoms with Crippen molar-refractivity contribution in [2.75, 3.05) is 38.8 Å². The maximum absolute atomic E-state index is 11.6. The van der Waals surface area contributed by atoms with Crippen molar-refractivity contribution in [2.24, 2.45) is 5.92 Å². The van der Waals surface area contributed by atoms with Crippen molar-refractivity contribution in [1.82, 2.24) is 4.90 Å². The van der Waals surface area contributed by atoms with Gasteiger partial charge in [0.05, 0.1) is 19.1 Å². The molecule has 1 aliphatic heterocycles. The topological polar surface area (TPSA) is 29.5 Å². The molecule has 2 atom stereocenters. The Bertz CT molecular complexity index is 211. The van der Waals surface area contributed by atoms with Crippen LogP contribution >= 0.6 is 11.8 Å². The number of hydrogen-bond acceptors (Lipinski definition) is 4. The molecule has 1 heterocycles. The van der Waals surface area contributed by atoms with Gasteiger partial charge in [-0.2, -0.15) is 11.8 Å². The predicted octanol–water partition coefficient (Wildman–Crippen LogP) is 1.28. The fourth-order valence-corrected chi connectivity index (χ4v) is 2.48. The molecule has 0 aliphatic carbocycles. The van der Waals surface area contributed by atoms with E-state index in [0.717, 1.165) is 12.3 Å². The maximum atomic E-state index is 11.6. The molecule has 1 saturated heterocycles. The van der Waals surface area contributed by atoms with E-state index in [9.17, 15) is 4.79 Å². The Hall–Kier alpha value is -0.0600. The first-order chi connectivity index (χ1) is 7.15. The van der Waals surface area contributed by atoms with Crippen LogP contribution in [0, 0.1) is 5.92 Å². The zero-order valence-corrected chi connectivity index (χ0v) is 10.7. The number of hydrogen-bond donors (Lipinski definition) is 0. The first-order valence-corrected chi connectivity index (χ1v) is 6.84. The molecular formula is C11H21NO2S. The van der Waals surface area contributed by atoms with Gasteiger partial charge in [-0.15, -0.1) is 0 Å². The lowest BCUT2D eigenvalue weighted by Gasteiger charge is -2.29. The Morgan fingerprint density at radius 2 is 2.40 bits per heavy atom. The minimum Gasteiger partial charge on any atom is -0.380 e. The van der Waals surface area contributed by atoms with Gasteiger partial charge in [0.25, 0.3) is 0 Å². The third-order valence-electron chi connectivity index (χ3n) is 2.94. The van der Waals surface area contributed by atoms with Crippen LogP contribution in [-0.4, -0.2) is 55.5 Å². The molecule has 2 unspecified atom stereocenters. The van der Waals surface area contributed by atoms with Crippen molar-refractivity contribution in [3.8, 4) is 0 Å². The predicted molar refractivity (Wildman–Crippen MR) is 64.4 cm³/mol.